The van der Waals surface area contributed by atoms with Crippen molar-refractivity contribution in [1.29, 1.82) is 0 Å². The van der Waals surface area contributed by atoms with E-state index in [1.54, 1.807) is 6.92 Å². The fraction of sp³-hybridized carbons (Fsp3) is 0.588. The molecule has 1 aromatic rings. The van der Waals surface area contributed by atoms with Crippen LogP contribution in [-0.2, 0) is 19.7 Å². The van der Waals surface area contributed by atoms with E-state index in [0.717, 1.165) is 5.56 Å². The van der Waals surface area contributed by atoms with E-state index >= 15 is 0 Å². The predicted molar refractivity (Wildman–Crippen MR) is 81.8 cm³/mol. The van der Waals surface area contributed by atoms with E-state index in [1.807, 2.05) is 58.0 Å². The van der Waals surface area contributed by atoms with Gasteiger partial charge >= 0.3 is 5.97 Å². The van der Waals surface area contributed by atoms with E-state index in [4.69, 9.17) is 9.47 Å². The first-order valence-electron chi connectivity index (χ1n) is 7.37. The van der Waals surface area contributed by atoms with Gasteiger partial charge in [-0.2, -0.15) is 0 Å². The Balaban J connectivity index is 2.86. The summed E-state index contributed by atoms with van der Waals surface area (Å²) in [6, 6.07) is 9.47. The third kappa shape index (κ3) is 4.55. The van der Waals surface area contributed by atoms with Gasteiger partial charge in [-0.25, -0.2) is 0 Å². The number of hydrogen-bond donors (Lipinski definition) is 1. The minimum atomic E-state index is -1.11. The summed E-state index contributed by atoms with van der Waals surface area (Å²) in [7, 11) is 0. The number of ether oxygens (including phenoxy) is 2. The Morgan fingerprint density at radius 2 is 1.81 bits per heavy atom. The maximum absolute atomic E-state index is 12.5. The van der Waals surface area contributed by atoms with Crippen LogP contribution in [-0.4, -0.2) is 30.1 Å². The Bertz CT molecular complexity index is 439. The topological polar surface area (TPSA) is 55.8 Å². The second kappa shape index (κ2) is 7.57. The Kier molecular flexibility index (Phi) is 6.37. The fourth-order valence-corrected chi connectivity index (χ4v) is 2.03. The predicted octanol–water partition coefficient (Wildman–Crippen LogP) is 2.89. The number of carbonyl (C=O) groups is 1. The molecule has 4 heteroatoms. The van der Waals surface area contributed by atoms with Crippen LogP contribution in [0.15, 0.2) is 30.3 Å². The van der Waals surface area contributed by atoms with E-state index in [1.165, 1.54) is 0 Å². The van der Waals surface area contributed by atoms with Gasteiger partial charge in [0.25, 0.3) is 0 Å². The number of rotatable bonds is 7. The zero-order valence-corrected chi connectivity index (χ0v) is 13.5. The molecule has 118 valence electrons. The molecule has 0 aliphatic heterocycles. The molecule has 0 bridgehead atoms. The molecule has 0 radical (unpaired) electrons. The van der Waals surface area contributed by atoms with Crippen LogP contribution < -0.4 is 0 Å². The third-order valence-corrected chi connectivity index (χ3v) is 3.52. The Labute approximate surface area is 127 Å². The van der Waals surface area contributed by atoms with Gasteiger partial charge in [-0.05, 0) is 32.3 Å². The number of benzene rings is 1. The summed E-state index contributed by atoms with van der Waals surface area (Å²) >= 11 is 0. The normalized spacial score (nSPS) is 14.8. The van der Waals surface area contributed by atoms with Gasteiger partial charge in [-0.1, -0.05) is 44.2 Å². The molecule has 0 heterocycles. The quantitative estimate of drug-likeness (QED) is 0.620. The monoisotopic (exact) mass is 294 g/mol. The number of esters is 1. The molecule has 0 spiro atoms. The lowest BCUT2D eigenvalue weighted by Gasteiger charge is -2.30. The SMILES string of the molecule is CCOC(O)C(OC(=O)C(C)(C)c1ccccc1)C(C)C. The number of carbonyl (C=O) groups excluding carboxylic acids is 1. The first kappa shape index (κ1) is 17.7. The van der Waals surface area contributed by atoms with Crippen LogP contribution in [0.5, 0.6) is 0 Å². The molecule has 0 fully saturated rings. The van der Waals surface area contributed by atoms with E-state index < -0.39 is 17.8 Å². The van der Waals surface area contributed by atoms with Gasteiger partial charge in [0.1, 0.15) is 0 Å². The molecule has 0 aliphatic rings. The van der Waals surface area contributed by atoms with Crippen molar-refractivity contribution in [3.05, 3.63) is 35.9 Å². The second-order valence-electron chi connectivity index (χ2n) is 5.95. The highest BCUT2D eigenvalue weighted by molar-refractivity contribution is 5.82. The van der Waals surface area contributed by atoms with E-state index in [-0.39, 0.29) is 11.9 Å². The minimum absolute atomic E-state index is 0.0397. The van der Waals surface area contributed by atoms with Crippen LogP contribution in [0.25, 0.3) is 0 Å². The molecule has 4 nitrogen and oxygen atoms in total. The Morgan fingerprint density at radius 3 is 2.29 bits per heavy atom. The van der Waals surface area contributed by atoms with Crippen molar-refractivity contribution in [3.8, 4) is 0 Å². The summed E-state index contributed by atoms with van der Waals surface area (Å²) in [5, 5.41) is 9.97. The Morgan fingerprint density at radius 1 is 1.24 bits per heavy atom. The van der Waals surface area contributed by atoms with Crippen LogP contribution in [0.3, 0.4) is 0 Å². The van der Waals surface area contributed by atoms with Crippen LogP contribution in [0.4, 0.5) is 0 Å². The van der Waals surface area contributed by atoms with E-state index in [2.05, 4.69) is 0 Å². The van der Waals surface area contributed by atoms with Crippen molar-refractivity contribution in [2.45, 2.75) is 52.4 Å². The van der Waals surface area contributed by atoms with Gasteiger partial charge in [0.15, 0.2) is 12.4 Å². The van der Waals surface area contributed by atoms with E-state index in [0.29, 0.717) is 6.61 Å². The minimum Gasteiger partial charge on any atom is -0.456 e. The molecular formula is C17H26O4. The lowest BCUT2D eigenvalue weighted by atomic mass is 9.84. The summed E-state index contributed by atoms with van der Waals surface area (Å²) in [6.07, 6.45) is -1.79. The molecule has 0 aliphatic carbocycles. The lowest BCUT2D eigenvalue weighted by molar-refractivity contribution is -0.201. The van der Waals surface area contributed by atoms with Crippen LogP contribution in [0.2, 0.25) is 0 Å². The molecule has 21 heavy (non-hydrogen) atoms. The van der Waals surface area contributed by atoms with Gasteiger partial charge in [-0.3, -0.25) is 4.79 Å². The fourth-order valence-electron chi connectivity index (χ4n) is 2.03. The largest absolute Gasteiger partial charge is 0.456 e. The molecule has 0 amide bonds. The highest BCUT2D eigenvalue weighted by atomic mass is 16.6. The first-order valence-corrected chi connectivity index (χ1v) is 7.37. The third-order valence-electron chi connectivity index (χ3n) is 3.52. The molecule has 0 aromatic heterocycles. The second-order valence-corrected chi connectivity index (χ2v) is 5.95. The standard InChI is InChI=1S/C17H26O4/c1-6-20-15(18)14(12(2)3)21-16(19)17(4,5)13-10-8-7-9-11-13/h7-12,14-15,18H,6H2,1-5H3. The van der Waals surface area contributed by atoms with Crippen molar-refractivity contribution in [1.82, 2.24) is 0 Å². The number of aliphatic hydroxyl groups excluding tert-OH is 1. The maximum atomic E-state index is 12.5. The van der Waals surface area contributed by atoms with Crippen LogP contribution in [0, 0.1) is 5.92 Å². The highest BCUT2D eigenvalue weighted by Crippen LogP contribution is 2.26. The summed E-state index contributed by atoms with van der Waals surface area (Å²) in [4.78, 5) is 12.5. The lowest BCUT2D eigenvalue weighted by Crippen LogP contribution is -2.42. The van der Waals surface area contributed by atoms with Crippen molar-refractivity contribution in [2.24, 2.45) is 5.92 Å². The van der Waals surface area contributed by atoms with Crippen molar-refractivity contribution in [3.63, 3.8) is 0 Å². The van der Waals surface area contributed by atoms with Gasteiger partial charge in [-0.15, -0.1) is 0 Å². The average Bonchev–Trinajstić information content (AvgIpc) is 2.45. The molecule has 0 saturated heterocycles. The summed E-state index contributed by atoms with van der Waals surface area (Å²) in [5.74, 6) is -0.409. The molecular weight excluding hydrogens is 268 g/mol. The Hall–Kier alpha value is -1.39. The number of aliphatic hydroxyl groups is 1. The first-order chi connectivity index (χ1) is 9.80. The molecule has 1 N–H and O–H groups in total. The molecule has 1 aromatic carbocycles. The molecule has 0 saturated carbocycles. The van der Waals surface area contributed by atoms with Gasteiger partial charge < -0.3 is 14.6 Å². The summed E-state index contributed by atoms with van der Waals surface area (Å²) in [5.41, 5.74) is 0.101. The van der Waals surface area contributed by atoms with Crippen molar-refractivity contribution < 1.29 is 19.4 Å². The maximum Gasteiger partial charge on any atom is 0.316 e. The van der Waals surface area contributed by atoms with Crippen LogP contribution in [0.1, 0.15) is 40.2 Å². The molecule has 2 unspecified atom stereocenters. The van der Waals surface area contributed by atoms with Crippen molar-refractivity contribution in [2.75, 3.05) is 6.61 Å². The van der Waals surface area contributed by atoms with Crippen LogP contribution >= 0.6 is 0 Å². The average molecular weight is 294 g/mol. The highest BCUT2D eigenvalue weighted by Gasteiger charge is 2.36. The molecule has 1 rings (SSSR count). The van der Waals surface area contributed by atoms with Gasteiger partial charge in [0, 0.05) is 6.61 Å². The zero-order chi connectivity index (χ0) is 16.0. The van der Waals surface area contributed by atoms with Crippen molar-refractivity contribution >= 4 is 5.97 Å². The summed E-state index contributed by atoms with van der Waals surface area (Å²) < 4.78 is 10.7. The van der Waals surface area contributed by atoms with Gasteiger partial charge in [0.05, 0.1) is 5.41 Å². The smallest absolute Gasteiger partial charge is 0.316 e. The zero-order valence-electron chi connectivity index (χ0n) is 13.5. The van der Waals surface area contributed by atoms with E-state index in [9.17, 15) is 9.90 Å². The summed E-state index contributed by atoms with van der Waals surface area (Å²) in [6.45, 7) is 9.55. The number of hydrogen-bond acceptors (Lipinski definition) is 4. The molecule has 2 atom stereocenters. The van der Waals surface area contributed by atoms with Gasteiger partial charge in [0.2, 0.25) is 0 Å².